The molecule has 244 valence electrons. The van der Waals surface area contributed by atoms with E-state index in [4.69, 9.17) is 35.5 Å². The Balaban J connectivity index is 0.00000134. The molecule has 3 aromatic rings. The summed E-state index contributed by atoms with van der Waals surface area (Å²) in [5.41, 5.74) is 1.72. The number of amides is 3. The lowest BCUT2D eigenvalue weighted by Gasteiger charge is -2.40. The summed E-state index contributed by atoms with van der Waals surface area (Å²) in [5, 5.41) is 14.4. The highest BCUT2D eigenvalue weighted by atomic mass is 35.5. The fourth-order valence-electron chi connectivity index (χ4n) is 6.38. The summed E-state index contributed by atoms with van der Waals surface area (Å²) in [6.07, 6.45) is 2.78. The zero-order valence-corrected chi connectivity index (χ0v) is 26.4. The van der Waals surface area contributed by atoms with Crippen LogP contribution in [0.3, 0.4) is 0 Å². The molecule has 1 spiro atoms. The number of nitrogens with zero attached hydrogens (tertiary/aromatic N) is 4. The fourth-order valence-corrected chi connectivity index (χ4v) is 6.49. The molecule has 1 aromatic carbocycles. The van der Waals surface area contributed by atoms with E-state index < -0.39 is 5.41 Å². The van der Waals surface area contributed by atoms with Gasteiger partial charge in [0.15, 0.2) is 11.5 Å². The maximum absolute atomic E-state index is 13.5. The van der Waals surface area contributed by atoms with Gasteiger partial charge in [-0.1, -0.05) is 28.9 Å². The average molecular weight is 654 g/mol. The van der Waals surface area contributed by atoms with Crippen molar-refractivity contribution in [3.05, 3.63) is 69.8 Å². The molecule has 13 nitrogen and oxygen atoms in total. The van der Waals surface area contributed by atoms with Crippen LogP contribution in [0, 0.1) is 19.3 Å². The van der Waals surface area contributed by atoms with E-state index in [1.54, 1.807) is 35.8 Å². The number of ether oxygens (including phenoxy) is 2. The van der Waals surface area contributed by atoms with Gasteiger partial charge in [0.05, 0.1) is 23.9 Å². The summed E-state index contributed by atoms with van der Waals surface area (Å²) in [5.74, 6) is 1.20. The van der Waals surface area contributed by atoms with Gasteiger partial charge in [0, 0.05) is 62.2 Å². The number of likely N-dealkylation sites (tertiary alicyclic amines) is 1. The van der Waals surface area contributed by atoms with E-state index in [-0.39, 0.29) is 36.5 Å². The van der Waals surface area contributed by atoms with Gasteiger partial charge in [-0.05, 0) is 44.9 Å². The van der Waals surface area contributed by atoms with E-state index in [2.05, 4.69) is 15.5 Å². The third-order valence-electron chi connectivity index (χ3n) is 8.60. The number of fused-ring (bicyclic) bond motifs is 11. The van der Waals surface area contributed by atoms with Crippen molar-refractivity contribution in [2.24, 2.45) is 5.41 Å². The number of aryl methyl sites for hydroxylation is 2. The molecular formula is C32H36ClN5O8. The summed E-state index contributed by atoms with van der Waals surface area (Å²) in [7, 11) is 0. The summed E-state index contributed by atoms with van der Waals surface area (Å²) in [6.45, 7) is 5.95. The van der Waals surface area contributed by atoms with Gasteiger partial charge in [-0.2, -0.15) is 0 Å². The Morgan fingerprint density at radius 3 is 2.61 bits per heavy atom. The monoisotopic (exact) mass is 653 g/mol. The molecule has 0 aliphatic carbocycles. The molecule has 3 amide bonds. The molecule has 1 saturated heterocycles. The Hall–Kier alpha value is -4.65. The first-order chi connectivity index (χ1) is 22.2. The number of carboxylic acid groups (broad SMARTS) is 1. The van der Waals surface area contributed by atoms with Crippen molar-refractivity contribution in [1.82, 2.24) is 25.3 Å². The topological polar surface area (TPSA) is 164 Å². The molecule has 4 bridgehead atoms. The van der Waals surface area contributed by atoms with E-state index in [1.807, 2.05) is 18.2 Å². The van der Waals surface area contributed by atoms with E-state index in [1.165, 1.54) is 6.20 Å². The molecule has 46 heavy (non-hydrogen) atoms. The Morgan fingerprint density at radius 2 is 1.89 bits per heavy atom. The van der Waals surface area contributed by atoms with E-state index in [9.17, 15) is 14.4 Å². The molecular weight excluding hydrogens is 618 g/mol. The van der Waals surface area contributed by atoms with Crippen LogP contribution in [0.15, 0.2) is 41.1 Å². The van der Waals surface area contributed by atoms with Crippen LogP contribution in [0.4, 0.5) is 0 Å². The summed E-state index contributed by atoms with van der Waals surface area (Å²) in [4.78, 5) is 56.1. The van der Waals surface area contributed by atoms with Crippen LogP contribution in [-0.2, 0) is 9.59 Å². The number of nitrogens with one attached hydrogen (secondary N) is 1. The first-order valence-corrected chi connectivity index (χ1v) is 15.4. The van der Waals surface area contributed by atoms with Crippen molar-refractivity contribution < 1.29 is 38.3 Å². The zero-order valence-electron chi connectivity index (χ0n) is 25.7. The van der Waals surface area contributed by atoms with Gasteiger partial charge in [0.1, 0.15) is 17.0 Å². The molecule has 14 heteroatoms. The van der Waals surface area contributed by atoms with Gasteiger partial charge in [0.2, 0.25) is 5.91 Å². The molecule has 0 saturated carbocycles. The van der Waals surface area contributed by atoms with Gasteiger partial charge in [-0.25, -0.2) is 4.98 Å². The van der Waals surface area contributed by atoms with Crippen molar-refractivity contribution in [2.75, 3.05) is 45.9 Å². The minimum Gasteiger partial charge on any atom is -0.490 e. The molecule has 0 unspecified atom stereocenters. The number of halogens is 1. The first kappa shape index (κ1) is 32.7. The minimum atomic E-state index is -0.536. The lowest BCUT2D eigenvalue weighted by Crippen LogP contribution is -2.48. The Bertz CT molecular complexity index is 1580. The number of carbonyl (C=O) groups is 4. The van der Waals surface area contributed by atoms with Crippen LogP contribution in [-0.4, -0.2) is 95.2 Å². The van der Waals surface area contributed by atoms with Gasteiger partial charge < -0.3 is 34.2 Å². The van der Waals surface area contributed by atoms with E-state index in [0.29, 0.717) is 98.0 Å². The number of rotatable bonds is 2. The molecule has 4 aliphatic rings. The van der Waals surface area contributed by atoms with Gasteiger partial charge in [-0.15, -0.1) is 0 Å². The Labute approximate surface area is 270 Å². The lowest BCUT2D eigenvalue weighted by molar-refractivity contribution is -0.123. The zero-order chi connectivity index (χ0) is 32.8. The number of aromatic nitrogens is 2. The van der Waals surface area contributed by atoms with Crippen molar-refractivity contribution in [2.45, 2.75) is 39.0 Å². The van der Waals surface area contributed by atoms with Crippen LogP contribution in [0.5, 0.6) is 11.5 Å². The normalized spacial score (nSPS) is 21.2. The fraction of sp³-hybridized carbons (Fsp3) is 0.438. The van der Waals surface area contributed by atoms with Gasteiger partial charge >= 0.3 is 0 Å². The summed E-state index contributed by atoms with van der Waals surface area (Å²) < 4.78 is 17.8. The van der Waals surface area contributed by atoms with Crippen LogP contribution in [0.25, 0.3) is 0 Å². The van der Waals surface area contributed by atoms with Crippen molar-refractivity contribution >= 4 is 35.8 Å². The number of para-hydroxylation sites is 1. The van der Waals surface area contributed by atoms with Crippen LogP contribution >= 0.6 is 11.6 Å². The smallest absolute Gasteiger partial charge is 0.290 e. The number of hydrogen-bond acceptors (Lipinski definition) is 9. The highest BCUT2D eigenvalue weighted by Crippen LogP contribution is 2.52. The van der Waals surface area contributed by atoms with E-state index in [0.717, 1.165) is 5.56 Å². The standard InChI is InChI=1S/C31H34ClN5O6.CH2O2/c1-19-27(20(2)43-35-19)30(40)36-11-4-8-26(38)34-16-31-17-37(29(39)24-10-9-21(32)14-33-24)15-23(31)22-6-3-7-25(28(22)42-18-31)41-13-5-12-36;2-1-3/h3,6-7,9-10,14,23H,4-5,8,11-13,15-18H2,1-2H3,(H,34,38);1H,(H,2,3)/t23-,31+;/m0./s1. The maximum Gasteiger partial charge on any atom is 0.290 e. The SMILES string of the molecule is Cc1noc(C)c1C(=O)N1CCCOc2cccc3c2OC[C@@]2(CNC(=O)CCC1)CN(C(=O)c1ccc(Cl)cn1)C[C@@H]32.O=CO. The third kappa shape index (κ3) is 6.79. The van der Waals surface area contributed by atoms with Crippen LogP contribution in [0.1, 0.15) is 63.0 Å². The van der Waals surface area contributed by atoms with Crippen LogP contribution < -0.4 is 14.8 Å². The quantitative estimate of drug-likeness (QED) is 0.391. The second kappa shape index (κ2) is 14.2. The van der Waals surface area contributed by atoms with Gasteiger partial charge in [-0.3, -0.25) is 19.2 Å². The van der Waals surface area contributed by atoms with Crippen molar-refractivity contribution in [1.29, 1.82) is 0 Å². The molecule has 4 aliphatic heterocycles. The lowest BCUT2D eigenvalue weighted by atomic mass is 9.73. The number of pyridine rings is 1. The van der Waals surface area contributed by atoms with Gasteiger partial charge in [0.25, 0.3) is 18.3 Å². The number of benzene rings is 1. The Morgan fingerprint density at radius 1 is 1.11 bits per heavy atom. The van der Waals surface area contributed by atoms with Crippen LogP contribution in [0.2, 0.25) is 5.02 Å². The molecule has 2 aromatic heterocycles. The number of carbonyl (C=O) groups excluding carboxylic acids is 3. The van der Waals surface area contributed by atoms with Crippen molar-refractivity contribution in [3.8, 4) is 11.5 Å². The Kier molecular flexibility index (Phi) is 10.1. The predicted octanol–water partition coefficient (Wildman–Crippen LogP) is 3.48. The molecule has 1 fully saturated rings. The van der Waals surface area contributed by atoms with Crippen molar-refractivity contribution in [3.63, 3.8) is 0 Å². The first-order valence-electron chi connectivity index (χ1n) is 15.0. The van der Waals surface area contributed by atoms with E-state index >= 15 is 0 Å². The number of hydrogen-bond donors (Lipinski definition) is 2. The average Bonchev–Trinajstić information content (AvgIpc) is 3.60. The molecule has 2 N–H and O–H groups in total. The molecule has 0 radical (unpaired) electrons. The summed E-state index contributed by atoms with van der Waals surface area (Å²) >= 11 is 5.99. The maximum atomic E-state index is 13.5. The molecule has 6 heterocycles. The third-order valence-corrected chi connectivity index (χ3v) is 8.83. The predicted molar refractivity (Wildman–Crippen MR) is 165 cm³/mol. The second-order valence-electron chi connectivity index (χ2n) is 11.6. The molecule has 2 atom stereocenters. The highest BCUT2D eigenvalue weighted by molar-refractivity contribution is 6.30. The summed E-state index contributed by atoms with van der Waals surface area (Å²) in [6, 6.07) is 9.08. The molecule has 7 rings (SSSR count). The largest absolute Gasteiger partial charge is 0.490 e. The second-order valence-corrected chi connectivity index (χ2v) is 12.0. The minimum absolute atomic E-state index is 0.0765. The highest BCUT2D eigenvalue weighted by Gasteiger charge is 2.53.